The van der Waals surface area contributed by atoms with Crippen molar-refractivity contribution in [2.75, 3.05) is 0 Å². The highest BCUT2D eigenvalue weighted by molar-refractivity contribution is 5.91. The summed E-state index contributed by atoms with van der Waals surface area (Å²) in [7, 11) is 0. The predicted octanol–water partition coefficient (Wildman–Crippen LogP) is 7.84. The van der Waals surface area contributed by atoms with E-state index in [0.29, 0.717) is 6.42 Å². The number of carbonyl (C=O) groups is 1. The Kier molecular flexibility index (Phi) is 8.12. The number of aryl methyl sites for hydroxylation is 1. The lowest BCUT2D eigenvalue weighted by Gasteiger charge is -2.39. The fourth-order valence-electron chi connectivity index (χ4n) is 3.43. The second-order valence-corrected chi connectivity index (χ2v) is 7.55. The predicted molar refractivity (Wildman–Crippen MR) is 101 cm³/mol. The molecule has 0 heterocycles. The van der Waals surface area contributed by atoms with E-state index in [2.05, 4.69) is 4.74 Å². The van der Waals surface area contributed by atoms with E-state index in [-0.39, 0.29) is 17.7 Å². The van der Waals surface area contributed by atoms with Gasteiger partial charge in [0, 0.05) is 12.1 Å². The first kappa shape index (κ1) is 28.4. The Morgan fingerprint density at radius 1 is 0.771 bits per heavy atom. The van der Waals surface area contributed by atoms with Crippen LogP contribution in [0.4, 0.5) is 48.3 Å². The maximum Gasteiger partial charge on any atom is 0.416 e. The van der Waals surface area contributed by atoms with Crippen LogP contribution in [-0.4, -0.2) is 24.5 Å². The van der Waals surface area contributed by atoms with E-state index in [9.17, 15) is 53.1 Å². The van der Waals surface area contributed by atoms with E-state index in [0.717, 1.165) is 24.8 Å². The van der Waals surface area contributed by atoms with Gasteiger partial charge in [-0.1, -0.05) is 31.9 Å². The van der Waals surface area contributed by atoms with Crippen LogP contribution in [0, 0.1) is 11.6 Å². The molecule has 0 radical (unpaired) electrons. The minimum atomic E-state index is -7.22. The number of halogens is 11. The lowest BCUT2D eigenvalue weighted by Crippen LogP contribution is -2.64. The minimum Gasteiger partial charge on any atom is -0.423 e. The Bertz CT molecular complexity index is 976. The van der Waals surface area contributed by atoms with Crippen LogP contribution in [0.3, 0.4) is 0 Å². The molecule has 0 saturated heterocycles. The van der Waals surface area contributed by atoms with Crippen molar-refractivity contribution in [3.63, 3.8) is 0 Å². The Hall–Kier alpha value is -2.86. The topological polar surface area (TPSA) is 26.3 Å². The number of rotatable bonds is 7. The highest BCUT2D eigenvalue weighted by Crippen LogP contribution is 2.61. The van der Waals surface area contributed by atoms with Gasteiger partial charge in [0.2, 0.25) is 0 Å². The molecule has 2 nitrogen and oxygen atoms in total. The van der Waals surface area contributed by atoms with Crippen LogP contribution in [0.25, 0.3) is 0 Å². The van der Waals surface area contributed by atoms with Gasteiger partial charge in [-0.15, -0.1) is 0 Å². The Morgan fingerprint density at radius 2 is 1.23 bits per heavy atom. The molecular weight excluding hydrogens is 505 g/mol. The molecule has 13 heteroatoms. The van der Waals surface area contributed by atoms with Crippen LogP contribution in [0.5, 0.6) is 5.75 Å². The molecule has 2 aromatic carbocycles. The van der Waals surface area contributed by atoms with Gasteiger partial charge in [-0.3, -0.25) is 0 Å². The van der Waals surface area contributed by atoms with Gasteiger partial charge >= 0.3 is 24.5 Å². The van der Waals surface area contributed by atoms with Crippen LogP contribution in [0.2, 0.25) is 0 Å². The molecule has 0 saturated carbocycles. The lowest BCUT2D eigenvalue weighted by molar-refractivity contribution is -0.388. The first-order valence-corrected chi connectivity index (χ1v) is 9.98. The summed E-state index contributed by atoms with van der Waals surface area (Å²) in [5.41, 5.74) is -9.55. The smallest absolute Gasteiger partial charge is 0.416 e. The molecule has 0 bridgehead atoms. The largest absolute Gasteiger partial charge is 0.423 e. The Labute approximate surface area is 191 Å². The van der Waals surface area contributed by atoms with Crippen LogP contribution in [-0.2, 0) is 11.8 Å². The first-order chi connectivity index (χ1) is 16.0. The number of hydrogen-bond acceptors (Lipinski definition) is 2. The van der Waals surface area contributed by atoms with Crippen LogP contribution in [0.15, 0.2) is 36.4 Å². The van der Waals surface area contributed by atoms with Gasteiger partial charge in [-0.2, -0.15) is 39.5 Å². The first-order valence-electron chi connectivity index (χ1n) is 9.98. The number of unbranched alkanes of at least 4 members (excludes halogenated alkanes) is 2. The van der Waals surface area contributed by atoms with Crippen LogP contribution in [0.1, 0.15) is 47.7 Å². The van der Waals surface area contributed by atoms with Crippen LogP contribution >= 0.6 is 0 Å². The van der Waals surface area contributed by atoms with Crippen molar-refractivity contribution in [1.82, 2.24) is 0 Å². The number of alkyl halides is 9. The molecule has 0 aliphatic rings. The molecule has 0 aliphatic carbocycles. The van der Waals surface area contributed by atoms with Crippen molar-refractivity contribution < 1.29 is 57.8 Å². The minimum absolute atomic E-state index is 0.190. The molecule has 35 heavy (non-hydrogen) atoms. The summed E-state index contributed by atoms with van der Waals surface area (Å²) in [5.74, 6) is -8.25. The van der Waals surface area contributed by atoms with Gasteiger partial charge in [-0.25, -0.2) is 13.6 Å². The van der Waals surface area contributed by atoms with E-state index >= 15 is 0 Å². The zero-order valence-corrected chi connectivity index (χ0v) is 17.8. The van der Waals surface area contributed by atoms with Crippen molar-refractivity contribution >= 4 is 5.97 Å². The van der Waals surface area contributed by atoms with Crippen molar-refractivity contribution in [3.8, 4) is 5.75 Å². The van der Waals surface area contributed by atoms with E-state index in [4.69, 9.17) is 0 Å². The zero-order chi connectivity index (χ0) is 26.8. The van der Waals surface area contributed by atoms with Crippen LogP contribution < -0.4 is 4.74 Å². The SMILES string of the molecule is CCCCCc1ccc(C(=O)Oc2cc(F)c(C(C(F)(F)F)(C(F)(F)F)C(F)(F)F)c(F)c2)cc1. The third-order valence-electron chi connectivity index (χ3n) is 5.14. The van der Waals surface area contributed by atoms with Gasteiger partial charge in [0.15, 0.2) is 0 Å². The molecule has 194 valence electrons. The zero-order valence-electron chi connectivity index (χ0n) is 17.8. The third kappa shape index (κ3) is 5.53. The molecule has 0 aliphatic heterocycles. The van der Waals surface area contributed by atoms with Crippen molar-refractivity contribution in [1.29, 1.82) is 0 Å². The van der Waals surface area contributed by atoms with Crippen molar-refractivity contribution in [2.45, 2.75) is 56.6 Å². The third-order valence-corrected chi connectivity index (χ3v) is 5.14. The van der Waals surface area contributed by atoms with Gasteiger partial charge in [-0.05, 0) is 30.5 Å². The van der Waals surface area contributed by atoms with Crippen molar-refractivity contribution in [3.05, 3.63) is 64.7 Å². The summed E-state index contributed by atoms with van der Waals surface area (Å²) >= 11 is 0. The fourth-order valence-corrected chi connectivity index (χ4v) is 3.43. The Morgan fingerprint density at radius 3 is 1.63 bits per heavy atom. The summed E-state index contributed by atoms with van der Waals surface area (Å²) in [4.78, 5) is 12.2. The number of carbonyl (C=O) groups excluding carboxylic acids is 1. The van der Waals surface area contributed by atoms with Gasteiger partial charge in [0.05, 0.1) is 11.1 Å². The van der Waals surface area contributed by atoms with E-state index < -0.39 is 52.9 Å². The molecule has 0 atom stereocenters. The second-order valence-electron chi connectivity index (χ2n) is 7.55. The average molecular weight is 522 g/mol. The molecule has 0 amide bonds. The number of benzene rings is 2. The molecule has 2 rings (SSSR count). The highest BCUT2D eigenvalue weighted by atomic mass is 19.4. The highest BCUT2D eigenvalue weighted by Gasteiger charge is 2.85. The molecule has 0 N–H and O–H groups in total. The molecule has 0 aromatic heterocycles. The summed E-state index contributed by atoms with van der Waals surface area (Å²) in [6.45, 7) is 1.99. The average Bonchev–Trinajstić information content (AvgIpc) is 2.68. The summed E-state index contributed by atoms with van der Waals surface area (Å²) in [5, 5.41) is 0. The van der Waals surface area contributed by atoms with Gasteiger partial charge in [0.25, 0.3) is 5.41 Å². The summed E-state index contributed by atoms with van der Waals surface area (Å²) in [6.07, 6.45) is -18.2. The van der Waals surface area contributed by atoms with E-state index in [1.807, 2.05) is 6.92 Å². The lowest BCUT2D eigenvalue weighted by atomic mass is 9.77. The summed E-state index contributed by atoms with van der Waals surface area (Å²) < 4.78 is 152. The van der Waals surface area contributed by atoms with E-state index in [1.165, 1.54) is 24.3 Å². The van der Waals surface area contributed by atoms with Crippen molar-refractivity contribution in [2.24, 2.45) is 0 Å². The maximum absolute atomic E-state index is 14.3. The number of hydrogen-bond donors (Lipinski definition) is 0. The molecule has 0 unspecified atom stereocenters. The summed E-state index contributed by atoms with van der Waals surface area (Å²) in [6, 6.07) is 4.86. The van der Waals surface area contributed by atoms with E-state index in [1.54, 1.807) is 0 Å². The fraction of sp³-hybridized carbons (Fsp3) is 0.409. The molecule has 0 fully saturated rings. The number of ether oxygens (including phenoxy) is 1. The maximum atomic E-state index is 14.3. The standard InChI is InChI=1S/C22H17F11O2/c1-2-3-4-5-12-6-8-13(9-7-12)18(34)35-14-10-15(23)17(16(24)11-14)19(20(25,26)27,21(28,29)30)22(31,32)33/h6-11H,2-5H2,1H3. The van der Waals surface area contributed by atoms with Gasteiger partial charge in [0.1, 0.15) is 17.4 Å². The normalized spacial score (nSPS) is 13.1. The second kappa shape index (κ2) is 10.0. The van der Waals surface area contributed by atoms with Gasteiger partial charge < -0.3 is 4.74 Å². The molecule has 0 spiro atoms. The number of esters is 1. The quantitative estimate of drug-likeness (QED) is 0.160. The monoisotopic (exact) mass is 522 g/mol. The molecule has 2 aromatic rings. The molecular formula is C22H17F11O2. The Balaban J connectivity index is 2.45.